The number of rotatable bonds is 9. The molecule has 184 valence electrons. The molecule has 0 radical (unpaired) electrons. The molecule has 1 fully saturated rings. The van der Waals surface area contributed by atoms with Gasteiger partial charge in [-0.1, -0.05) is 18.7 Å². The van der Waals surface area contributed by atoms with E-state index in [9.17, 15) is 9.90 Å². The van der Waals surface area contributed by atoms with Crippen LogP contribution in [-0.4, -0.2) is 30.2 Å². The molecule has 3 aromatic carbocycles. The fraction of sp³-hybridized carbons (Fsp3) is 0.267. The first-order valence-electron chi connectivity index (χ1n) is 12.2. The van der Waals surface area contributed by atoms with Gasteiger partial charge in [-0.05, 0) is 90.9 Å². The molecule has 1 aliphatic rings. The maximum Gasteiger partial charge on any atom is 0.251 e. The monoisotopic (exact) mass is 482 g/mol. The molecule has 4 aromatic rings. The van der Waals surface area contributed by atoms with E-state index in [4.69, 9.17) is 9.47 Å². The van der Waals surface area contributed by atoms with Gasteiger partial charge < -0.3 is 19.9 Å². The highest BCUT2D eigenvalue weighted by atomic mass is 16.5. The summed E-state index contributed by atoms with van der Waals surface area (Å²) in [6, 6.07) is 17.2. The van der Waals surface area contributed by atoms with Gasteiger partial charge in [0.1, 0.15) is 17.2 Å². The predicted molar refractivity (Wildman–Crippen MR) is 142 cm³/mol. The van der Waals surface area contributed by atoms with Gasteiger partial charge in [0, 0.05) is 29.6 Å². The van der Waals surface area contributed by atoms with Gasteiger partial charge in [0.15, 0.2) is 0 Å². The Hall–Kier alpha value is -4.06. The van der Waals surface area contributed by atoms with Crippen molar-refractivity contribution in [2.45, 2.75) is 32.1 Å². The summed E-state index contributed by atoms with van der Waals surface area (Å²) >= 11 is 0. The third-order valence-electron chi connectivity index (χ3n) is 7.22. The number of pyridine rings is 1. The number of aromatic nitrogens is 1. The molecular weight excluding hydrogens is 452 g/mol. The molecule has 6 nitrogen and oxygen atoms in total. The first kappa shape index (κ1) is 23.7. The molecule has 1 aromatic heterocycles. The lowest BCUT2D eigenvalue weighted by atomic mass is 9.95. The van der Waals surface area contributed by atoms with Crippen molar-refractivity contribution in [1.82, 2.24) is 10.3 Å². The lowest BCUT2D eigenvalue weighted by molar-refractivity contribution is 0.0964. The number of benzene rings is 3. The second-order valence-corrected chi connectivity index (χ2v) is 9.44. The van der Waals surface area contributed by atoms with Crippen LogP contribution in [0.25, 0.3) is 21.7 Å². The fourth-order valence-electron chi connectivity index (χ4n) is 4.90. The van der Waals surface area contributed by atoms with E-state index in [0.717, 1.165) is 65.1 Å². The number of carbonyl (C=O) groups excluding carboxylic acids is 1. The number of allylic oxidation sites excluding steroid dienone is 1. The maximum atomic E-state index is 12.2. The van der Waals surface area contributed by atoms with Crippen molar-refractivity contribution in [2.24, 2.45) is 5.41 Å². The first-order chi connectivity index (χ1) is 17.4. The van der Waals surface area contributed by atoms with Crippen molar-refractivity contribution in [2.75, 3.05) is 14.2 Å². The van der Waals surface area contributed by atoms with E-state index in [2.05, 4.69) is 22.9 Å². The largest absolute Gasteiger partial charge is 0.512 e. The third kappa shape index (κ3) is 4.47. The number of fused-ring (bicyclic) bond motifs is 2. The number of aliphatic hydroxyl groups is 1. The van der Waals surface area contributed by atoms with Crippen LogP contribution in [0.3, 0.4) is 0 Å². The van der Waals surface area contributed by atoms with Gasteiger partial charge in [-0.3, -0.25) is 9.78 Å². The van der Waals surface area contributed by atoms with Crippen LogP contribution < -0.4 is 14.8 Å². The van der Waals surface area contributed by atoms with Gasteiger partial charge in [0.05, 0.1) is 18.4 Å². The number of amides is 1. The molecule has 6 heteroatoms. The smallest absolute Gasteiger partial charge is 0.251 e. The minimum absolute atomic E-state index is 0.0791. The summed E-state index contributed by atoms with van der Waals surface area (Å²) in [6.07, 6.45) is 6.46. The molecule has 1 amide bonds. The quantitative estimate of drug-likeness (QED) is 0.259. The van der Waals surface area contributed by atoms with Gasteiger partial charge >= 0.3 is 0 Å². The van der Waals surface area contributed by atoms with Gasteiger partial charge in [-0.2, -0.15) is 0 Å². The number of carbonyl (C=O) groups is 1. The molecule has 2 N–H and O–H groups in total. The molecule has 36 heavy (non-hydrogen) atoms. The highest BCUT2D eigenvalue weighted by molar-refractivity contribution is 6.07. The molecule has 1 heterocycles. The van der Waals surface area contributed by atoms with E-state index in [1.54, 1.807) is 20.4 Å². The predicted octanol–water partition coefficient (Wildman–Crippen LogP) is 6.72. The number of ether oxygens (including phenoxy) is 2. The van der Waals surface area contributed by atoms with E-state index in [-0.39, 0.29) is 11.3 Å². The second-order valence-electron chi connectivity index (χ2n) is 9.44. The zero-order valence-electron chi connectivity index (χ0n) is 20.6. The van der Waals surface area contributed by atoms with Crippen LogP contribution in [-0.2, 0) is 6.42 Å². The molecule has 1 saturated carbocycles. The molecule has 0 saturated heterocycles. The Morgan fingerprint density at radius 1 is 1.11 bits per heavy atom. The highest BCUT2D eigenvalue weighted by Gasteiger charge is 2.44. The van der Waals surface area contributed by atoms with E-state index in [1.807, 2.05) is 48.5 Å². The molecule has 0 atom stereocenters. The molecule has 0 spiro atoms. The average molecular weight is 483 g/mol. The van der Waals surface area contributed by atoms with Crippen LogP contribution in [0.15, 0.2) is 73.1 Å². The zero-order chi connectivity index (χ0) is 25.3. The minimum atomic E-state index is -0.120. The summed E-state index contributed by atoms with van der Waals surface area (Å²) in [4.78, 5) is 16.8. The van der Waals surface area contributed by atoms with Gasteiger partial charge in [-0.25, -0.2) is 0 Å². The summed E-state index contributed by atoms with van der Waals surface area (Å²) in [5, 5.41) is 15.2. The van der Waals surface area contributed by atoms with Crippen LogP contribution in [0.4, 0.5) is 0 Å². The van der Waals surface area contributed by atoms with E-state index in [0.29, 0.717) is 22.8 Å². The first-order valence-corrected chi connectivity index (χ1v) is 12.2. The number of aryl methyl sites for hydroxylation is 1. The van der Waals surface area contributed by atoms with Crippen molar-refractivity contribution in [1.29, 1.82) is 0 Å². The Morgan fingerprint density at radius 2 is 1.94 bits per heavy atom. The maximum absolute atomic E-state index is 12.2. The summed E-state index contributed by atoms with van der Waals surface area (Å²) in [5.41, 5.74) is 2.47. The third-order valence-corrected chi connectivity index (χ3v) is 7.22. The number of nitrogens with one attached hydrogen (secondary N) is 1. The van der Waals surface area contributed by atoms with Crippen molar-refractivity contribution in [3.05, 3.63) is 84.3 Å². The van der Waals surface area contributed by atoms with Gasteiger partial charge in [0.2, 0.25) is 0 Å². The van der Waals surface area contributed by atoms with Gasteiger partial charge in [-0.15, -0.1) is 0 Å². The lowest BCUT2D eigenvalue weighted by Crippen LogP contribution is -2.17. The van der Waals surface area contributed by atoms with Crippen LogP contribution in [0.2, 0.25) is 0 Å². The summed E-state index contributed by atoms with van der Waals surface area (Å²) in [7, 11) is 3.30. The summed E-state index contributed by atoms with van der Waals surface area (Å²) < 4.78 is 12.0. The van der Waals surface area contributed by atoms with E-state index >= 15 is 0 Å². The molecular formula is C30H30N2O4. The minimum Gasteiger partial charge on any atom is -0.512 e. The Kier molecular flexibility index (Phi) is 6.27. The normalized spacial score (nSPS) is 13.9. The molecule has 0 unspecified atom stereocenters. The second kappa shape index (κ2) is 9.53. The number of hydrogen-bond acceptors (Lipinski definition) is 5. The average Bonchev–Trinajstić information content (AvgIpc) is 3.69. The fourth-order valence-corrected chi connectivity index (χ4v) is 4.90. The van der Waals surface area contributed by atoms with Crippen molar-refractivity contribution < 1.29 is 19.4 Å². The number of hydrogen-bond donors (Lipinski definition) is 2. The Morgan fingerprint density at radius 3 is 2.67 bits per heavy atom. The van der Waals surface area contributed by atoms with E-state index in [1.165, 1.54) is 0 Å². The van der Waals surface area contributed by atoms with Crippen molar-refractivity contribution in [3.63, 3.8) is 0 Å². The van der Waals surface area contributed by atoms with Crippen LogP contribution in [0.5, 0.6) is 17.2 Å². The zero-order valence-corrected chi connectivity index (χ0v) is 20.6. The Bertz CT molecular complexity index is 1470. The van der Waals surface area contributed by atoms with Crippen molar-refractivity contribution >= 4 is 27.6 Å². The molecule has 0 aliphatic heterocycles. The topological polar surface area (TPSA) is 80.7 Å². The van der Waals surface area contributed by atoms with Crippen LogP contribution >= 0.6 is 0 Å². The number of nitrogens with zero attached hydrogens (tertiary/aromatic N) is 1. The highest BCUT2D eigenvalue weighted by Crippen LogP contribution is 2.54. The lowest BCUT2D eigenvalue weighted by Gasteiger charge is -2.15. The van der Waals surface area contributed by atoms with E-state index < -0.39 is 0 Å². The number of aliphatic hydroxyl groups excluding tert-OH is 1. The molecule has 0 bridgehead atoms. The van der Waals surface area contributed by atoms with Gasteiger partial charge in [0.25, 0.3) is 5.91 Å². The standard InChI is InChI=1S/C30H30N2O4/c1-19(33)30(13-14-30)12-5-7-21-17-26-25(18-28(21)35-3)27(11-15-32-26)36-22-9-10-23-20(16-22)6-4-8-24(23)29(34)31-2/h4,6,8-11,15-18,33H,1,5,7,12-14H2,2-3H3,(H,31,34). The molecule has 5 rings (SSSR count). The SMILES string of the molecule is C=C(O)C1(CCCc2cc3nccc(Oc4ccc5c(C(=O)NC)cccc5c4)c3cc2OC)CC1. The Balaban J connectivity index is 1.41. The molecule has 1 aliphatic carbocycles. The summed E-state index contributed by atoms with van der Waals surface area (Å²) in [5.74, 6) is 2.34. The van der Waals surface area contributed by atoms with Crippen LogP contribution in [0.1, 0.15) is 41.6 Å². The summed E-state index contributed by atoms with van der Waals surface area (Å²) in [6.45, 7) is 3.76. The Labute approximate surface area is 210 Å². The number of methoxy groups -OCH3 is 1. The van der Waals surface area contributed by atoms with Crippen LogP contribution in [0, 0.1) is 5.41 Å². The van der Waals surface area contributed by atoms with Crippen molar-refractivity contribution in [3.8, 4) is 17.2 Å².